The van der Waals surface area contributed by atoms with Crippen LogP contribution in [0.25, 0.3) is 22.3 Å². The fourth-order valence-electron chi connectivity index (χ4n) is 4.63. The highest BCUT2D eigenvalue weighted by atomic mass is 16.7. The Bertz CT molecular complexity index is 1090. The van der Waals surface area contributed by atoms with E-state index >= 15 is 0 Å². The molecule has 2 nitrogen and oxygen atoms in total. The highest BCUT2D eigenvalue weighted by molar-refractivity contribution is 6.62. The number of hydrogen-bond donors (Lipinski definition) is 0. The first-order valence-corrected chi connectivity index (χ1v) is 12.9. The average molecular weight is 454 g/mol. The van der Waals surface area contributed by atoms with Crippen LogP contribution in [0.3, 0.4) is 0 Å². The lowest BCUT2D eigenvalue weighted by Gasteiger charge is -2.32. The minimum Gasteiger partial charge on any atom is -0.399 e. The van der Waals surface area contributed by atoms with E-state index in [0.29, 0.717) is 0 Å². The first kappa shape index (κ1) is 24.8. The molecule has 1 aliphatic carbocycles. The molecule has 2 aromatic carbocycles. The molecule has 1 saturated heterocycles. The standard InChI is InChI=1S/C31H39BO2/c1-7-9-13-23(8-2)28-21-18-26(22-29(28)25-14-11-10-12-15-25)24-16-19-27(20-17-24)32-33-30(3,4)31(5,6)34-32/h11,13-22H,7-10,12H2,1-6H3/b23-13+. The highest BCUT2D eigenvalue weighted by Crippen LogP contribution is 2.37. The van der Waals surface area contributed by atoms with Crippen molar-refractivity contribution in [2.75, 3.05) is 0 Å². The van der Waals surface area contributed by atoms with Crippen LogP contribution in [-0.4, -0.2) is 18.3 Å². The zero-order valence-electron chi connectivity index (χ0n) is 21.8. The molecule has 0 saturated carbocycles. The van der Waals surface area contributed by atoms with Gasteiger partial charge in [-0.3, -0.25) is 0 Å². The Balaban J connectivity index is 1.67. The third-order valence-electron chi connectivity index (χ3n) is 7.50. The summed E-state index contributed by atoms with van der Waals surface area (Å²) >= 11 is 0. The molecule has 0 atom stereocenters. The number of rotatable bonds is 7. The Morgan fingerprint density at radius 1 is 0.912 bits per heavy atom. The summed E-state index contributed by atoms with van der Waals surface area (Å²) in [7, 11) is -0.328. The predicted molar refractivity (Wildman–Crippen MR) is 147 cm³/mol. The second-order valence-electron chi connectivity index (χ2n) is 10.5. The van der Waals surface area contributed by atoms with E-state index in [0.717, 1.165) is 31.1 Å². The van der Waals surface area contributed by atoms with Crippen LogP contribution in [0.4, 0.5) is 0 Å². The summed E-state index contributed by atoms with van der Waals surface area (Å²) < 4.78 is 12.5. The van der Waals surface area contributed by atoms with Gasteiger partial charge in [0.05, 0.1) is 11.2 Å². The van der Waals surface area contributed by atoms with Gasteiger partial charge in [0, 0.05) is 0 Å². The van der Waals surface area contributed by atoms with Crippen LogP contribution < -0.4 is 5.46 Å². The van der Waals surface area contributed by atoms with E-state index in [1.54, 1.807) is 0 Å². The Labute approximate surface area is 206 Å². The average Bonchev–Trinajstić information content (AvgIpc) is 3.07. The molecule has 0 amide bonds. The summed E-state index contributed by atoms with van der Waals surface area (Å²) in [4.78, 5) is 0. The Hall–Kier alpha value is -2.36. The largest absolute Gasteiger partial charge is 0.494 e. The minimum absolute atomic E-state index is 0.328. The van der Waals surface area contributed by atoms with Crippen LogP contribution >= 0.6 is 0 Å². The van der Waals surface area contributed by atoms with Crippen LogP contribution in [0.5, 0.6) is 0 Å². The first-order chi connectivity index (χ1) is 16.3. The van der Waals surface area contributed by atoms with Crippen LogP contribution in [0.1, 0.15) is 84.8 Å². The number of hydrogen-bond acceptors (Lipinski definition) is 2. The summed E-state index contributed by atoms with van der Waals surface area (Å²) in [5, 5.41) is 0. The molecule has 4 rings (SSSR count). The van der Waals surface area contributed by atoms with Gasteiger partial charge in [0.15, 0.2) is 0 Å². The molecule has 178 valence electrons. The molecule has 0 spiro atoms. The van der Waals surface area contributed by atoms with Crippen LogP contribution in [0, 0.1) is 0 Å². The fraction of sp³-hybridized carbons (Fsp3) is 0.419. The monoisotopic (exact) mass is 454 g/mol. The number of unbranched alkanes of at least 4 members (excludes halogenated alkanes) is 1. The molecule has 1 heterocycles. The zero-order valence-corrected chi connectivity index (χ0v) is 21.8. The minimum atomic E-state index is -0.329. The fourth-order valence-corrected chi connectivity index (χ4v) is 4.63. The molecule has 1 fully saturated rings. The van der Waals surface area contributed by atoms with Gasteiger partial charge in [0.1, 0.15) is 0 Å². The predicted octanol–water partition coefficient (Wildman–Crippen LogP) is 7.98. The molecular formula is C31H39BO2. The number of benzene rings is 2. The molecule has 34 heavy (non-hydrogen) atoms. The van der Waals surface area contributed by atoms with Gasteiger partial charge in [-0.1, -0.05) is 81.0 Å². The maximum atomic E-state index is 6.24. The summed E-state index contributed by atoms with van der Waals surface area (Å²) in [6, 6.07) is 15.6. The van der Waals surface area contributed by atoms with Gasteiger partial charge in [0.25, 0.3) is 0 Å². The molecule has 2 aromatic rings. The van der Waals surface area contributed by atoms with Crippen molar-refractivity contribution in [2.45, 2.75) is 84.8 Å². The van der Waals surface area contributed by atoms with Crippen molar-refractivity contribution >= 4 is 23.7 Å². The lowest BCUT2D eigenvalue weighted by atomic mass is 9.78. The summed E-state index contributed by atoms with van der Waals surface area (Å²) in [6.07, 6.45) is 15.0. The summed E-state index contributed by atoms with van der Waals surface area (Å²) in [6.45, 7) is 12.9. The Morgan fingerprint density at radius 3 is 2.18 bits per heavy atom. The SMILES string of the molecule is CCC/C=C(\CC)c1ccc(-c2ccc(B3OC(C)(C)C(C)(C)O3)cc2)cc1C1=CCCC=C1. The second kappa shape index (κ2) is 10.1. The molecule has 1 aliphatic heterocycles. The third-order valence-corrected chi connectivity index (χ3v) is 7.50. The van der Waals surface area contributed by atoms with E-state index in [2.05, 4.69) is 108 Å². The topological polar surface area (TPSA) is 18.5 Å². The second-order valence-corrected chi connectivity index (χ2v) is 10.5. The lowest BCUT2D eigenvalue weighted by Crippen LogP contribution is -2.41. The Kier molecular flexibility index (Phi) is 7.35. The normalized spacial score (nSPS) is 19.4. The Morgan fingerprint density at radius 2 is 1.59 bits per heavy atom. The number of allylic oxidation sites excluding steroid dienone is 6. The highest BCUT2D eigenvalue weighted by Gasteiger charge is 2.51. The van der Waals surface area contributed by atoms with Gasteiger partial charge in [-0.05, 0) is 98.3 Å². The zero-order chi connectivity index (χ0) is 24.3. The summed E-state index contributed by atoms with van der Waals surface area (Å²) in [5.74, 6) is 0. The molecule has 0 N–H and O–H groups in total. The van der Waals surface area contributed by atoms with E-state index in [-0.39, 0.29) is 18.3 Å². The quantitative estimate of drug-likeness (QED) is 0.395. The van der Waals surface area contributed by atoms with E-state index in [1.807, 2.05) is 0 Å². The maximum Gasteiger partial charge on any atom is 0.494 e. The molecule has 0 bridgehead atoms. The van der Waals surface area contributed by atoms with Gasteiger partial charge in [-0.25, -0.2) is 0 Å². The molecule has 2 aliphatic rings. The third kappa shape index (κ3) is 5.01. The first-order valence-electron chi connectivity index (χ1n) is 12.9. The van der Waals surface area contributed by atoms with Gasteiger partial charge in [0.2, 0.25) is 0 Å². The van der Waals surface area contributed by atoms with Crippen molar-refractivity contribution in [3.05, 3.63) is 77.9 Å². The molecule has 3 heteroatoms. The van der Waals surface area contributed by atoms with E-state index in [4.69, 9.17) is 9.31 Å². The van der Waals surface area contributed by atoms with E-state index < -0.39 is 0 Å². The van der Waals surface area contributed by atoms with Gasteiger partial charge in [-0.15, -0.1) is 0 Å². The lowest BCUT2D eigenvalue weighted by molar-refractivity contribution is 0.00578. The molecule has 0 aromatic heterocycles. The van der Waals surface area contributed by atoms with E-state index in [1.165, 1.54) is 39.8 Å². The van der Waals surface area contributed by atoms with Gasteiger partial charge in [-0.2, -0.15) is 0 Å². The van der Waals surface area contributed by atoms with E-state index in [9.17, 15) is 0 Å². The molecular weight excluding hydrogens is 415 g/mol. The van der Waals surface area contributed by atoms with Crippen molar-refractivity contribution in [3.8, 4) is 11.1 Å². The van der Waals surface area contributed by atoms with Gasteiger partial charge >= 0.3 is 7.12 Å². The maximum absolute atomic E-state index is 6.24. The van der Waals surface area contributed by atoms with Gasteiger partial charge < -0.3 is 9.31 Å². The smallest absolute Gasteiger partial charge is 0.399 e. The van der Waals surface area contributed by atoms with Crippen molar-refractivity contribution in [3.63, 3.8) is 0 Å². The van der Waals surface area contributed by atoms with Crippen LogP contribution in [-0.2, 0) is 9.31 Å². The van der Waals surface area contributed by atoms with Crippen molar-refractivity contribution in [2.24, 2.45) is 0 Å². The van der Waals surface area contributed by atoms with Crippen molar-refractivity contribution in [1.29, 1.82) is 0 Å². The summed E-state index contributed by atoms with van der Waals surface area (Å²) in [5.41, 5.74) is 8.35. The van der Waals surface area contributed by atoms with Crippen LogP contribution in [0.15, 0.2) is 66.8 Å². The van der Waals surface area contributed by atoms with Crippen LogP contribution in [0.2, 0.25) is 0 Å². The van der Waals surface area contributed by atoms with Crippen molar-refractivity contribution < 1.29 is 9.31 Å². The van der Waals surface area contributed by atoms with Crippen molar-refractivity contribution in [1.82, 2.24) is 0 Å². The molecule has 0 radical (unpaired) electrons. The molecule has 0 unspecified atom stereocenters.